The molecular formula is C36H64NO8P. The molecule has 0 saturated carbocycles. The number of carbonyl (C=O) groups is 2. The average molecular weight is 670 g/mol. The third-order valence-electron chi connectivity index (χ3n) is 6.97. The molecule has 0 heterocycles. The van der Waals surface area contributed by atoms with Gasteiger partial charge in [0.2, 0.25) is 0 Å². The summed E-state index contributed by atoms with van der Waals surface area (Å²) in [7, 11) is -4.38. The maximum Gasteiger partial charge on any atom is 0.472 e. The Morgan fingerprint density at radius 2 is 1.15 bits per heavy atom. The first-order valence-electron chi connectivity index (χ1n) is 17.6. The summed E-state index contributed by atoms with van der Waals surface area (Å²) in [5, 5.41) is 0. The molecule has 0 aliphatic rings. The van der Waals surface area contributed by atoms with Gasteiger partial charge in [-0.05, 0) is 51.4 Å². The topological polar surface area (TPSA) is 134 Å². The van der Waals surface area contributed by atoms with E-state index in [1.165, 1.54) is 57.8 Å². The van der Waals surface area contributed by atoms with Gasteiger partial charge in [-0.25, -0.2) is 4.57 Å². The van der Waals surface area contributed by atoms with Crippen LogP contribution < -0.4 is 5.73 Å². The lowest BCUT2D eigenvalue weighted by molar-refractivity contribution is -0.161. The van der Waals surface area contributed by atoms with Gasteiger partial charge in [0.05, 0.1) is 13.2 Å². The van der Waals surface area contributed by atoms with Crippen LogP contribution in [-0.2, 0) is 32.7 Å². The predicted molar refractivity (Wildman–Crippen MR) is 187 cm³/mol. The largest absolute Gasteiger partial charge is 0.472 e. The van der Waals surface area contributed by atoms with E-state index in [0.29, 0.717) is 12.8 Å². The number of phosphoric acid groups is 1. The highest BCUT2D eigenvalue weighted by molar-refractivity contribution is 7.47. The van der Waals surface area contributed by atoms with E-state index in [0.717, 1.165) is 38.5 Å². The first-order valence-corrected chi connectivity index (χ1v) is 19.1. The van der Waals surface area contributed by atoms with E-state index in [2.05, 4.69) is 56.4 Å². The van der Waals surface area contributed by atoms with Crippen molar-refractivity contribution in [3.63, 3.8) is 0 Å². The molecule has 266 valence electrons. The van der Waals surface area contributed by atoms with Crippen LogP contribution in [0.5, 0.6) is 0 Å². The molecule has 0 spiro atoms. The molecule has 0 saturated heterocycles. The van der Waals surface area contributed by atoms with Gasteiger partial charge in [-0.1, -0.05) is 120 Å². The minimum atomic E-state index is -4.38. The molecule has 2 atom stereocenters. The number of nitrogens with two attached hydrogens (primary N) is 1. The average Bonchev–Trinajstić information content (AvgIpc) is 3.04. The second kappa shape index (κ2) is 32.9. The summed E-state index contributed by atoms with van der Waals surface area (Å²) >= 11 is 0. The molecule has 46 heavy (non-hydrogen) atoms. The number of allylic oxidation sites excluding steroid dienone is 8. The summed E-state index contributed by atoms with van der Waals surface area (Å²) < 4.78 is 32.4. The molecule has 10 heteroatoms. The van der Waals surface area contributed by atoms with Gasteiger partial charge in [-0.2, -0.15) is 0 Å². The zero-order chi connectivity index (χ0) is 34.0. The Labute approximate surface area is 279 Å². The first kappa shape index (κ1) is 44.0. The molecule has 0 rings (SSSR count). The molecule has 1 unspecified atom stereocenters. The van der Waals surface area contributed by atoms with Crippen LogP contribution in [0.4, 0.5) is 0 Å². The lowest BCUT2D eigenvalue weighted by atomic mass is 10.1. The molecular weight excluding hydrogens is 605 g/mol. The summed E-state index contributed by atoms with van der Waals surface area (Å²) in [4.78, 5) is 34.5. The fraction of sp³-hybridized carbons (Fsp3) is 0.722. The minimum absolute atomic E-state index is 0.0438. The monoisotopic (exact) mass is 669 g/mol. The van der Waals surface area contributed by atoms with Gasteiger partial charge in [0, 0.05) is 19.4 Å². The van der Waals surface area contributed by atoms with Crippen molar-refractivity contribution in [2.75, 3.05) is 26.4 Å². The Morgan fingerprint density at radius 3 is 1.74 bits per heavy atom. The van der Waals surface area contributed by atoms with Gasteiger partial charge < -0.3 is 20.1 Å². The molecule has 0 fully saturated rings. The van der Waals surface area contributed by atoms with Crippen LogP contribution in [0.3, 0.4) is 0 Å². The Kier molecular flexibility index (Phi) is 31.4. The highest BCUT2D eigenvalue weighted by Crippen LogP contribution is 2.43. The summed E-state index contributed by atoms with van der Waals surface area (Å²) in [6.45, 7) is 3.57. The Morgan fingerprint density at radius 1 is 0.652 bits per heavy atom. The van der Waals surface area contributed by atoms with Crippen LogP contribution in [0.25, 0.3) is 0 Å². The van der Waals surface area contributed by atoms with Crippen LogP contribution >= 0.6 is 7.82 Å². The van der Waals surface area contributed by atoms with E-state index in [1.807, 2.05) is 6.08 Å². The predicted octanol–water partition coefficient (Wildman–Crippen LogP) is 9.21. The Hall–Kier alpha value is -2.03. The van der Waals surface area contributed by atoms with Gasteiger partial charge >= 0.3 is 19.8 Å². The van der Waals surface area contributed by atoms with Crippen LogP contribution in [0.15, 0.2) is 48.6 Å². The molecule has 0 aromatic rings. The highest BCUT2D eigenvalue weighted by Gasteiger charge is 2.25. The molecule has 0 aliphatic heterocycles. The molecule has 0 aliphatic carbocycles. The van der Waals surface area contributed by atoms with Crippen molar-refractivity contribution in [2.45, 2.75) is 142 Å². The van der Waals surface area contributed by atoms with Crippen molar-refractivity contribution < 1.29 is 37.6 Å². The number of ether oxygens (including phenoxy) is 2. The van der Waals surface area contributed by atoms with Crippen molar-refractivity contribution in [1.82, 2.24) is 0 Å². The van der Waals surface area contributed by atoms with E-state index < -0.39 is 32.5 Å². The molecule has 0 bridgehead atoms. The van der Waals surface area contributed by atoms with E-state index >= 15 is 0 Å². The van der Waals surface area contributed by atoms with E-state index in [1.54, 1.807) is 0 Å². The molecule has 9 nitrogen and oxygen atoms in total. The van der Waals surface area contributed by atoms with Gasteiger partial charge in [0.1, 0.15) is 6.61 Å². The zero-order valence-electron chi connectivity index (χ0n) is 28.8. The maximum absolute atomic E-state index is 12.4. The van der Waals surface area contributed by atoms with E-state index in [4.69, 9.17) is 24.3 Å². The van der Waals surface area contributed by atoms with Crippen LogP contribution in [-0.4, -0.2) is 49.3 Å². The van der Waals surface area contributed by atoms with Crippen molar-refractivity contribution in [3.05, 3.63) is 48.6 Å². The summed E-state index contributed by atoms with van der Waals surface area (Å²) in [6, 6.07) is 0. The van der Waals surface area contributed by atoms with Crippen molar-refractivity contribution >= 4 is 19.8 Å². The summed E-state index contributed by atoms with van der Waals surface area (Å²) in [5.74, 6) is -0.904. The standard InChI is InChI=1S/C36H64NO8P/c1-3-5-7-9-11-13-14-15-16-17-18-19-20-21-23-25-27-29-36(39)45-34(33-44-46(40,41)43-31-30-37)32-42-35(38)28-26-24-22-12-10-8-6-4-2/h11,13,15-16,18-19,21,23,34H,3-10,12,14,17,20,22,24-33,37H2,1-2H3,(H,40,41)/b13-11+,16-15+,19-18+,23-21+/t34-/m1/s1. The third-order valence-corrected chi connectivity index (χ3v) is 7.95. The number of unbranched alkanes of at least 4 members (excludes halogenated alkanes) is 11. The number of carbonyl (C=O) groups excluding carboxylic acids is 2. The van der Waals surface area contributed by atoms with Crippen molar-refractivity contribution in [2.24, 2.45) is 5.73 Å². The Bertz CT molecular complexity index is 902. The van der Waals surface area contributed by atoms with Crippen LogP contribution in [0, 0.1) is 0 Å². The maximum atomic E-state index is 12.4. The fourth-order valence-corrected chi connectivity index (χ4v) is 5.10. The third kappa shape index (κ3) is 31.9. The molecule has 0 aromatic carbocycles. The number of hydrogen-bond donors (Lipinski definition) is 2. The number of rotatable bonds is 32. The Balaban J connectivity index is 4.37. The van der Waals surface area contributed by atoms with Crippen LogP contribution in [0.1, 0.15) is 136 Å². The summed E-state index contributed by atoms with van der Waals surface area (Å²) in [6.07, 6.45) is 34.5. The van der Waals surface area contributed by atoms with Gasteiger partial charge in [-0.15, -0.1) is 0 Å². The minimum Gasteiger partial charge on any atom is -0.462 e. The molecule has 0 amide bonds. The smallest absolute Gasteiger partial charge is 0.462 e. The van der Waals surface area contributed by atoms with Gasteiger partial charge in [-0.3, -0.25) is 18.6 Å². The summed E-state index contributed by atoms with van der Waals surface area (Å²) in [5.41, 5.74) is 5.31. The van der Waals surface area contributed by atoms with E-state index in [9.17, 15) is 19.0 Å². The van der Waals surface area contributed by atoms with Crippen molar-refractivity contribution in [3.8, 4) is 0 Å². The van der Waals surface area contributed by atoms with Crippen LogP contribution in [0.2, 0.25) is 0 Å². The molecule has 3 N–H and O–H groups in total. The fourth-order valence-electron chi connectivity index (χ4n) is 4.33. The second-order valence-electron chi connectivity index (χ2n) is 11.4. The lowest BCUT2D eigenvalue weighted by Crippen LogP contribution is -2.29. The quantitative estimate of drug-likeness (QED) is 0.0311. The number of phosphoric ester groups is 1. The highest BCUT2D eigenvalue weighted by atomic mass is 31.2. The zero-order valence-corrected chi connectivity index (χ0v) is 29.7. The second-order valence-corrected chi connectivity index (χ2v) is 12.8. The first-order chi connectivity index (χ1) is 22.3. The van der Waals surface area contributed by atoms with E-state index in [-0.39, 0.29) is 32.6 Å². The normalized spacial score (nSPS) is 14.1. The number of esters is 2. The molecule has 0 radical (unpaired) electrons. The molecule has 0 aromatic heterocycles. The number of hydrogen-bond acceptors (Lipinski definition) is 8. The lowest BCUT2D eigenvalue weighted by Gasteiger charge is -2.19. The van der Waals surface area contributed by atoms with Gasteiger partial charge in [0.15, 0.2) is 6.10 Å². The van der Waals surface area contributed by atoms with Gasteiger partial charge in [0.25, 0.3) is 0 Å². The SMILES string of the molecule is CCCCC/C=C/C/C=C/C/C=C/C/C=C/CCCC(=O)O[C@H](COC(=O)CCCCCCCCCC)COP(=O)(O)OCCN. The van der Waals surface area contributed by atoms with Crippen molar-refractivity contribution in [1.29, 1.82) is 0 Å².